The van der Waals surface area contributed by atoms with Gasteiger partial charge in [0.05, 0.1) is 5.69 Å². The average molecular weight is 377 g/mol. The predicted molar refractivity (Wildman–Crippen MR) is 101 cm³/mol. The summed E-state index contributed by atoms with van der Waals surface area (Å²) >= 11 is 5.98. The van der Waals surface area contributed by atoms with Gasteiger partial charge in [0.15, 0.2) is 6.10 Å². The SMILES string of the molecule is CC[C@H](Oc1cccc(Cl)c1)C(=O)N1CCN(c2ccccc2F)CC1. The number of carbonyl (C=O) groups excluding carboxylic acids is 1. The van der Waals surface area contributed by atoms with Gasteiger partial charge in [-0.25, -0.2) is 4.39 Å². The van der Waals surface area contributed by atoms with Crippen molar-refractivity contribution in [1.29, 1.82) is 0 Å². The Bertz CT molecular complexity index is 763. The van der Waals surface area contributed by atoms with Crippen LogP contribution < -0.4 is 9.64 Å². The van der Waals surface area contributed by atoms with Crippen LogP contribution in [0.15, 0.2) is 48.5 Å². The van der Waals surface area contributed by atoms with Crippen LogP contribution in [0.3, 0.4) is 0 Å². The molecule has 26 heavy (non-hydrogen) atoms. The molecule has 1 atom stereocenters. The molecule has 1 heterocycles. The number of nitrogens with zero attached hydrogens (tertiary/aromatic N) is 2. The standard InChI is InChI=1S/C20H22ClFN2O2/c1-2-19(26-16-7-5-6-15(21)14-16)20(25)24-12-10-23(11-13-24)18-9-4-3-8-17(18)22/h3-9,14,19H,2,10-13H2,1H3/t19-/m0/s1. The number of anilines is 1. The van der Waals surface area contributed by atoms with E-state index in [1.54, 1.807) is 41.3 Å². The number of ether oxygens (including phenoxy) is 1. The molecule has 1 aliphatic rings. The third kappa shape index (κ3) is 4.28. The second-order valence-corrected chi connectivity index (χ2v) is 6.67. The number of piperazine rings is 1. The van der Waals surface area contributed by atoms with E-state index in [-0.39, 0.29) is 11.7 Å². The molecule has 1 amide bonds. The van der Waals surface area contributed by atoms with Crippen molar-refractivity contribution in [2.75, 3.05) is 31.1 Å². The third-order valence-electron chi connectivity index (χ3n) is 4.51. The Morgan fingerprint density at radius 3 is 2.54 bits per heavy atom. The van der Waals surface area contributed by atoms with Crippen LogP contribution >= 0.6 is 11.6 Å². The van der Waals surface area contributed by atoms with Crippen LogP contribution in [-0.4, -0.2) is 43.1 Å². The van der Waals surface area contributed by atoms with Crippen LogP contribution in [0.4, 0.5) is 10.1 Å². The summed E-state index contributed by atoms with van der Waals surface area (Å²) in [7, 11) is 0. The first-order valence-corrected chi connectivity index (χ1v) is 9.16. The Balaban J connectivity index is 1.60. The number of hydrogen-bond acceptors (Lipinski definition) is 3. The number of para-hydroxylation sites is 1. The topological polar surface area (TPSA) is 32.8 Å². The fourth-order valence-corrected chi connectivity index (χ4v) is 3.27. The second kappa shape index (κ2) is 8.41. The van der Waals surface area contributed by atoms with Gasteiger partial charge in [0.1, 0.15) is 11.6 Å². The fraction of sp³-hybridized carbons (Fsp3) is 0.350. The predicted octanol–water partition coefficient (Wildman–Crippen LogP) is 3.99. The zero-order chi connectivity index (χ0) is 18.5. The number of amides is 1. The van der Waals surface area contributed by atoms with Crippen molar-refractivity contribution >= 4 is 23.2 Å². The van der Waals surface area contributed by atoms with Crippen LogP contribution in [0.25, 0.3) is 0 Å². The summed E-state index contributed by atoms with van der Waals surface area (Å²) in [6, 6.07) is 13.8. The van der Waals surface area contributed by atoms with E-state index in [9.17, 15) is 9.18 Å². The molecule has 0 aromatic heterocycles. The highest BCUT2D eigenvalue weighted by Gasteiger charge is 2.28. The Labute approximate surface area is 158 Å². The molecule has 0 bridgehead atoms. The van der Waals surface area contributed by atoms with Crippen molar-refractivity contribution in [3.05, 3.63) is 59.4 Å². The molecule has 0 radical (unpaired) electrons. The number of rotatable bonds is 5. The summed E-state index contributed by atoms with van der Waals surface area (Å²) in [6.07, 6.45) is 0.0206. The maximum Gasteiger partial charge on any atom is 0.263 e. The number of hydrogen-bond donors (Lipinski definition) is 0. The first-order chi connectivity index (χ1) is 12.6. The van der Waals surface area contributed by atoms with E-state index in [2.05, 4.69) is 0 Å². The van der Waals surface area contributed by atoms with Gasteiger partial charge in [-0.15, -0.1) is 0 Å². The molecule has 2 aromatic rings. The molecule has 0 unspecified atom stereocenters. The normalized spacial score (nSPS) is 15.7. The lowest BCUT2D eigenvalue weighted by atomic mass is 10.2. The van der Waals surface area contributed by atoms with Gasteiger partial charge in [0, 0.05) is 31.2 Å². The second-order valence-electron chi connectivity index (χ2n) is 6.24. The summed E-state index contributed by atoms with van der Waals surface area (Å²) in [4.78, 5) is 16.6. The van der Waals surface area contributed by atoms with Gasteiger partial charge < -0.3 is 14.5 Å². The zero-order valence-electron chi connectivity index (χ0n) is 14.7. The number of carbonyl (C=O) groups is 1. The maximum atomic E-state index is 13.9. The molecule has 1 aliphatic heterocycles. The lowest BCUT2D eigenvalue weighted by Crippen LogP contribution is -2.52. The molecule has 1 fully saturated rings. The largest absolute Gasteiger partial charge is 0.481 e. The molecule has 0 aliphatic carbocycles. The summed E-state index contributed by atoms with van der Waals surface area (Å²) in [5.74, 6) is 0.311. The van der Waals surface area contributed by atoms with Gasteiger partial charge in [-0.1, -0.05) is 36.7 Å². The number of halogens is 2. The first-order valence-electron chi connectivity index (χ1n) is 8.79. The smallest absolute Gasteiger partial charge is 0.263 e. The number of benzene rings is 2. The Kier molecular flexibility index (Phi) is 5.99. The summed E-state index contributed by atoms with van der Waals surface area (Å²) in [5.41, 5.74) is 0.585. The van der Waals surface area contributed by atoms with Crippen LogP contribution in [0, 0.1) is 5.82 Å². The van der Waals surface area contributed by atoms with Crippen LogP contribution in [-0.2, 0) is 4.79 Å². The lowest BCUT2D eigenvalue weighted by molar-refractivity contribution is -0.139. The minimum atomic E-state index is -0.548. The Morgan fingerprint density at radius 2 is 1.88 bits per heavy atom. The highest BCUT2D eigenvalue weighted by Crippen LogP contribution is 2.22. The van der Waals surface area contributed by atoms with Crippen molar-refractivity contribution in [2.45, 2.75) is 19.4 Å². The van der Waals surface area contributed by atoms with E-state index in [1.165, 1.54) is 6.07 Å². The molecule has 4 nitrogen and oxygen atoms in total. The van der Waals surface area contributed by atoms with Gasteiger partial charge in [-0.05, 0) is 36.8 Å². The highest BCUT2D eigenvalue weighted by atomic mass is 35.5. The molecular weight excluding hydrogens is 355 g/mol. The van der Waals surface area contributed by atoms with Gasteiger partial charge in [-0.2, -0.15) is 0 Å². The van der Waals surface area contributed by atoms with Crippen molar-refractivity contribution in [1.82, 2.24) is 4.90 Å². The molecule has 2 aromatic carbocycles. The van der Waals surface area contributed by atoms with Crippen LogP contribution in [0.2, 0.25) is 5.02 Å². The maximum absolute atomic E-state index is 13.9. The van der Waals surface area contributed by atoms with E-state index in [1.807, 2.05) is 17.9 Å². The Morgan fingerprint density at radius 1 is 1.15 bits per heavy atom. The Hall–Kier alpha value is -2.27. The van der Waals surface area contributed by atoms with Crippen LogP contribution in [0.5, 0.6) is 5.75 Å². The van der Waals surface area contributed by atoms with Crippen molar-refractivity contribution in [3.63, 3.8) is 0 Å². The third-order valence-corrected chi connectivity index (χ3v) is 4.74. The van der Waals surface area contributed by atoms with Crippen molar-refractivity contribution in [2.24, 2.45) is 0 Å². The van der Waals surface area contributed by atoms with E-state index >= 15 is 0 Å². The van der Waals surface area contributed by atoms with Gasteiger partial charge >= 0.3 is 0 Å². The molecule has 3 rings (SSSR count). The fourth-order valence-electron chi connectivity index (χ4n) is 3.09. The van der Waals surface area contributed by atoms with Gasteiger partial charge in [0.2, 0.25) is 0 Å². The molecular formula is C20H22ClFN2O2. The lowest BCUT2D eigenvalue weighted by Gasteiger charge is -2.37. The quantitative estimate of drug-likeness (QED) is 0.791. The molecule has 0 N–H and O–H groups in total. The molecule has 0 spiro atoms. The van der Waals surface area contributed by atoms with Gasteiger partial charge in [0.25, 0.3) is 5.91 Å². The molecule has 6 heteroatoms. The van der Waals surface area contributed by atoms with Gasteiger partial charge in [-0.3, -0.25) is 4.79 Å². The summed E-state index contributed by atoms with van der Waals surface area (Å²) in [6.45, 7) is 4.20. The van der Waals surface area contributed by atoms with Crippen LogP contribution in [0.1, 0.15) is 13.3 Å². The highest BCUT2D eigenvalue weighted by molar-refractivity contribution is 6.30. The molecule has 138 valence electrons. The van der Waals surface area contributed by atoms with E-state index in [0.29, 0.717) is 49.1 Å². The van der Waals surface area contributed by atoms with E-state index in [4.69, 9.17) is 16.3 Å². The monoisotopic (exact) mass is 376 g/mol. The molecule has 1 saturated heterocycles. The minimum absolute atomic E-state index is 0.0411. The first kappa shape index (κ1) is 18.5. The van der Waals surface area contributed by atoms with E-state index in [0.717, 1.165) is 0 Å². The van der Waals surface area contributed by atoms with Crippen molar-refractivity contribution < 1.29 is 13.9 Å². The summed E-state index contributed by atoms with van der Waals surface area (Å²) < 4.78 is 19.8. The average Bonchev–Trinajstić information content (AvgIpc) is 2.66. The molecule has 0 saturated carbocycles. The van der Waals surface area contributed by atoms with Crippen molar-refractivity contribution in [3.8, 4) is 5.75 Å². The van der Waals surface area contributed by atoms with E-state index < -0.39 is 6.10 Å². The zero-order valence-corrected chi connectivity index (χ0v) is 15.5. The minimum Gasteiger partial charge on any atom is -0.481 e. The summed E-state index contributed by atoms with van der Waals surface area (Å²) in [5, 5.41) is 0.573.